The summed E-state index contributed by atoms with van der Waals surface area (Å²) in [6.45, 7) is -0.139. The zero-order valence-corrected chi connectivity index (χ0v) is 32.0. The van der Waals surface area contributed by atoms with Crippen LogP contribution in [0.4, 0.5) is 4.79 Å². The lowest BCUT2D eigenvalue weighted by atomic mass is 9.68. The molecule has 3 saturated heterocycles. The highest BCUT2D eigenvalue weighted by atomic mass is 16.2. The van der Waals surface area contributed by atoms with Crippen LogP contribution in [0.2, 0.25) is 0 Å². The number of ketones is 1. The number of imide groups is 1. The lowest BCUT2D eigenvalue weighted by Crippen LogP contribution is -2.86. The Morgan fingerprint density at radius 1 is 1.02 bits per heavy atom. The zero-order valence-electron chi connectivity index (χ0n) is 32.0. The summed E-state index contributed by atoms with van der Waals surface area (Å²) in [4.78, 5) is 121. The molecule has 2 aromatic heterocycles. The van der Waals surface area contributed by atoms with Crippen LogP contribution in [0.3, 0.4) is 0 Å². The minimum absolute atomic E-state index is 0.0222. The van der Waals surface area contributed by atoms with Crippen LogP contribution in [0.25, 0.3) is 10.9 Å². The first-order chi connectivity index (χ1) is 28.3. The van der Waals surface area contributed by atoms with Gasteiger partial charge in [-0.15, -0.1) is 0 Å². The Morgan fingerprint density at radius 2 is 1.81 bits per heavy atom. The monoisotopic (exact) mass is 816 g/mol. The molecule has 3 aliphatic heterocycles. The maximum atomic E-state index is 14.4. The minimum atomic E-state index is -1.38. The van der Waals surface area contributed by atoms with Gasteiger partial charge in [0.1, 0.15) is 36.5 Å². The number of hydrogen-bond acceptors (Lipinski definition) is 12. The molecule has 14 N–H and O–H groups in total. The molecule has 3 fully saturated rings. The van der Waals surface area contributed by atoms with Gasteiger partial charge in [0.25, 0.3) is 5.91 Å². The average molecular weight is 817 g/mol. The molecule has 7 amide bonds. The number of fused-ring (bicyclic) bond motifs is 2. The molecule has 0 radical (unpaired) electrons. The van der Waals surface area contributed by atoms with E-state index in [1.807, 2.05) is 24.3 Å². The van der Waals surface area contributed by atoms with Crippen molar-refractivity contribution in [2.45, 2.75) is 86.7 Å². The van der Waals surface area contributed by atoms with Gasteiger partial charge in [-0.25, -0.2) is 14.7 Å². The van der Waals surface area contributed by atoms with Crippen molar-refractivity contribution in [3.05, 3.63) is 54.2 Å². The molecule has 0 aliphatic carbocycles. The largest absolute Gasteiger partial charge is 0.370 e. The number of Topliss-reactive ketones (excluding diaryl/α,β-unsaturated/α-hetero) is 1. The molecule has 1 aromatic carbocycles. The maximum absolute atomic E-state index is 14.4. The second-order valence-electron chi connectivity index (χ2n) is 14.7. The van der Waals surface area contributed by atoms with Gasteiger partial charge in [-0.2, -0.15) is 0 Å². The number of carbonyl (C=O) groups is 8. The van der Waals surface area contributed by atoms with Crippen molar-refractivity contribution in [1.29, 1.82) is 0 Å². The number of amides is 7. The molecule has 3 aliphatic rings. The zero-order chi connectivity index (χ0) is 42.3. The first-order valence-corrected chi connectivity index (χ1v) is 19.2. The number of guanidine groups is 1. The normalized spacial score (nSPS) is 25.4. The Kier molecular flexibility index (Phi) is 13.0. The van der Waals surface area contributed by atoms with E-state index in [1.54, 1.807) is 6.20 Å². The van der Waals surface area contributed by atoms with Crippen molar-refractivity contribution < 1.29 is 38.4 Å². The molecule has 59 heavy (non-hydrogen) atoms. The van der Waals surface area contributed by atoms with E-state index in [0.29, 0.717) is 29.7 Å². The first-order valence-electron chi connectivity index (χ1n) is 19.2. The van der Waals surface area contributed by atoms with E-state index in [1.165, 1.54) is 12.5 Å². The van der Waals surface area contributed by atoms with Crippen LogP contribution in [0, 0.1) is 0 Å². The molecule has 6 rings (SSSR count). The summed E-state index contributed by atoms with van der Waals surface area (Å²) in [7, 11) is 0. The molecule has 2 unspecified atom stereocenters. The van der Waals surface area contributed by atoms with E-state index in [0.717, 1.165) is 16.5 Å². The number of aromatic amines is 2. The van der Waals surface area contributed by atoms with Crippen LogP contribution in [-0.2, 0) is 46.4 Å². The van der Waals surface area contributed by atoms with E-state index in [2.05, 4.69) is 51.8 Å². The number of carbonyl (C=O) groups excluding carboxylic acids is 8. The Balaban J connectivity index is 1.27. The summed E-state index contributed by atoms with van der Waals surface area (Å²) in [6.07, 6.45) is 5.42. The van der Waals surface area contributed by atoms with Crippen molar-refractivity contribution in [2.24, 2.45) is 22.2 Å². The number of hydrogen-bond donors (Lipinski definition) is 11. The predicted molar refractivity (Wildman–Crippen MR) is 210 cm³/mol. The number of aliphatic imine (C=N–C) groups is 1. The lowest BCUT2D eigenvalue weighted by Gasteiger charge is -2.56. The van der Waals surface area contributed by atoms with Gasteiger partial charge in [0.05, 0.1) is 24.5 Å². The number of H-pyrrole nitrogens is 2. The van der Waals surface area contributed by atoms with E-state index >= 15 is 0 Å². The number of nitrogens with two attached hydrogens (primary N) is 3. The molecule has 314 valence electrons. The highest BCUT2D eigenvalue weighted by molar-refractivity contribution is 6.09. The number of aldehydes is 1. The summed E-state index contributed by atoms with van der Waals surface area (Å²) in [5, 5.41) is 17.7. The fourth-order valence-electron chi connectivity index (χ4n) is 7.98. The van der Waals surface area contributed by atoms with Gasteiger partial charge in [-0.1, -0.05) is 18.2 Å². The molecule has 0 bridgehead atoms. The van der Waals surface area contributed by atoms with Crippen LogP contribution >= 0.6 is 0 Å². The van der Waals surface area contributed by atoms with Gasteiger partial charge >= 0.3 is 6.03 Å². The summed E-state index contributed by atoms with van der Waals surface area (Å²) >= 11 is 0. The van der Waals surface area contributed by atoms with Gasteiger partial charge in [-0.05, 0) is 43.9 Å². The van der Waals surface area contributed by atoms with Crippen molar-refractivity contribution in [3.63, 3.8) is 0 Å². The number of primary amides is 1. The maximum Gasteiger partial charge on any atom is 0.325 e. The van der Waals surface area contributed by atoms with E-state index in [9.17, 15) is 38.4 Å². The third-order valence-corrected chi connectivity index (χ3v) is 10.9. The van der Waals surface area contributed by atoms with E-state index in [-0.39, 0.29) is 51.3 Å². The second-order valence-corrected chi connectivity index (χ2v) is 14.7. The van der Waals surface area contributed by atoms with Gasteiger partial charge in [0.15, 0.2) is 11.7 Å². The Bertz CT molecular complexity index is 2120. The number of benzene rings is 1. The highest BCUT2D eigenvalue weighted by Gasteiger charge is 2.61. The molecule has 7 atom stereocenters. The number of para-hydroxylation sites is 1. The van der Waals surface area contributed by atoms with E-state index < -0.39 is 89.6 Å². The smallest absolute Gasteiger partial charge is 0.325 e. The quantitative estimate of drug-likeness (QED) is 0.0304. The van der Waals surface area contributed by atoms with Crippen LogP contribution in [0.5, 0.6) is 0 Å². The minimum Gasteiger partial charge on any atom is -0.370 e. The third-order valence-electron chi connectivity index (χ3n) is 10.9. The topological polar surface area (TPSA) is 347 Å². The SMILES string of the molecule is NC(=O)[C@@H]1CCCCN[C@@]2(CCN=C(N)N)C(C(=O)C[C@@H]3NC(=O)N([C@@H](Cc4cnc[nH]4)C(=O)NCC=O)C3=O)NC2C(=O)N[C@@H](Cc2c[nH]c3ccccc23)C(=O)N1. The van der Waals surface area contributed by atoms with Gasteiger partial charge in [0, 0.05) is 54.8 Å². The summed E-state index contributed by atoms with van der Waals surface area (Å²) in [5.74, 6) is -4.44. The van der Waals surface area contributed by atoms with Crippen molar-refractivity contribution in [1.82, 2.24) is 51.8 Å². The van der Waals surface area contributed by atoms with Crippen molar-refractivity contribution in [3.8, 4) is 0 Å². The second kappa shape index (κ2) is 18.3. The molecule has 3 aromatic rings. The molecule has 22 nitrogen and oxygen atoms in total. The number of urea groups is 1. The third kappa shape index (κ3) is 9.23. The molecule has 22 heteroatoms. The Hall–Kier alpha value is -6.68. The van der Waals surface area contributed by atoms with E-state index in [4.69, 9.17) is 17.2 Å². The molecule has 0 spiro atoms. The van der Waals surface area contributed by atoms with Crippen LogP contribution in [0.15, 0.2) is 48.0 Å². The molecular weight excluding hydrogens is 768 g/mol. The van der Waals surface area contributed by atoms with Gasteiger partial charge in [-0.3, -0.25) is 39.1 Å². The number of imidazole rings is 1. The number of rotatable bonds is 15. The van der Waals surface area contributed by atoms with Crippen molar-refractivity contribution in [2.75, 3.05) is 19.6 Å². The average Bonchev–Trinajstić information content (AvgIpc) is 3.92. The summed E-state index contributed by atoms with van der Waals surface area (Å²) < 4.78 is 0. The lowest BCUT2D eigenvalue weighted by molar-refractivity contribution is -0.142. The summed E-state index contributed by atoms with van der Waals surface area (Å²) in [5.41, 5.74) is 17.6. The Labute approximate surface area is 337 Å². The number of nitrogens with zero attached hydrogens (tertiary/aromatic N) is 3. The van der Waals surface area contributed by atoms with Gasteiger partial charge < -0.3 is 58.5 Å². The summed E-state index contributed by atoms with van der Waals surface area (Å²) in [6, 6.07) is -0.733. The number of aromatic nitrogens is 3. The fraction of sp³-hybridized carbons (Fsp3) is 0.459. The Morgan fingerprint density at radius 3 is 2.54 bits per heavy atom. The number of nitrogens with one attached hydrogen (secondary N) is 8. The first kappa shape index (κ1) is 41.9. The molecule has 5 heterocycles. The van der Waals surface area contributed by atoms with Crippen molar-refractivity contribution >= 4 is 64.5 Å². The molecular formula is C37H48N14O8. The van der Waals surface area contributed by atoms with Gasteiger partial charge in [0.2, 0.25) is 23.6 Å². The predicted octanol–water partition coefficient (Wildman–Crippen LogP) is -3.79. The standard InChI is InChI=1S/C37H48N14O8/c38-30(54)23-7-3-4-9-46-37(8-10-43-35(39)40)28(50-29(37)33(57)48-24(31(55)47-23)13-19-16-44-22-6-2-1-5-21(19)22)27(53)15-25-34(58)51(36(59)49-25)26(32(56)42-11-12-52)14-20-17-41-18-45-20/h1-2,5-6,12,16-18,23-26,28-29,44,46,50H,3-4,7-11,13-15H2,(H2,38,54)(H,41,45)(H,42,56)(H,47,55)(H,48,57)(H,49,59)(H4,39,40,43)/t23-,24-,25-,26-,28?,29?,37-/m0/s1. The fourth-order valence-corrected chi connectivity index (χ4v) is 7.98. The van der Waals surface area contributed by atoms with Crippen LogP contribution < -0.4 is 49.1 Å². The van der Waals surface area contributed by atoms with Crippen LogP contribution in [-0.4, -0.2) is 135 Å². The van der Waals surface area contributed by atoms with Crippen LogP contribution in [0.1, 0.15) is 43.4 Å². The highest BCUT2D eigenvalue weighted by Crippen LogP contribution is 2.34. The molecule has 0 saturated carbocycles.